The molecule has 1 heterocycles. The minimum absolute atomic E-state index is 0.131. The first-order valence-corrected chi connectivity index (χ1v) is 5.08. The van der Waals surface area contributed by atoms with Gasteiger partial charge in [-0.05, 0) is 13.0 Å². The standard InChI is InChI=1S/C11H7ClF3NO/c1-5(17)8-6-3-2-4-7(12)9(6)16-10(8)11(13,14)15/h2-4,16H,1H3. The second-order valence-electron chi connectivity index (χ2n) is 3.59. The monoisotopic (exact) mass is 261 g/mol. The average molecular weight is 262 g/mol. The van der Waals surface area contributed by atoms with Crippen molar-refractivity contribution in [3.63, 3.8) is 0 Å². The third-order valence-corrected chi connectivity index (χ3v) is 2.73. The number of rotatable bonds is 1. The zero-order valence-corrected chi connectivity index (χ0v) is 9.41. The second-order valence-corrected chi connectivity index (χ2v) is 4.00. The maximum atomic E-state index is 12.8. The van der Waals surface area contributed by atoms with Crippen molar-refractivity contribution >= 4 is 28.3 Å². The summed E-state index contributed by atoms with van der Waals surface area (Å²) >= 11 is 5.79. The molecule has 0 saturated carbocycles. The number of carbonyl (C=O) groups is 1. The van der Waals surface area contributed by atoms with Crippen molar-refractivity contribution in [1.29, 1.82) is 0 Å². The Bertz CT molecular complexity index is 601. The van der Waals surface area contributed by atoms with Crippen LogP contribution in [0.1, 0.15) is 23.0 Å². The van der Waals surface area contributed by atoms with Crippen LogP contribution in [0, 0.1) is 0 Å². The lowest BCUT2D eigenvalue weighted by molar-refractivity contribution is -0.140. The summed E-state index contributed by atoms with van der Waals surface area (Å²) in [7, 11) is 0. The molecule has 1 aromatic carbocycles. The summed E-state index contributed by atoms with van der Waals surface area (Å²) in [4.78, 5) is 13.5. The molecule has 0 amide bonds. The molecule has 0 aliphatic rings. The topological polar surface area (TPSA) is 32.9 Å². The number of benzene rings is 1. The zero-order valence-electron chi connectivity index (χ0n) is 8.65. The number of aromatic amines is 1. The van der Waals surface area contributed by atoms with Gasteiger partial charge in [-0.25, -0.2) is 0 Å². The van der Waals surface area contributed by atoms with Crippen molar-refractivity contribution in [1.82, 2.24) is 4.98 Å². The first kappa shape index (κ1) is 12.0. The fraction of sp³-hybridized carbons (Fsp3) is 0.182. The van der Waals surface area contributed by atoms with E-state index in [9.17, 15) is 18.0 Å². The SMILES string of the molecule is CC(=O)c1c(C(F)(F)F)[nH]c2c(Cl)cccc12. The Morgan fingerprint density at radius 1 is 1.35 bits per heavy atom. The Morgan fingerprint density at radius 3 is 2.53 bits per heavy atom. The van der Waals surface area contributed by atoms with Crippen molar-refractivity contribution in [2.75, 3.05) is 0 Å². The molecule has 90 valence electrons. The van der Waals surface area contributed by atoms with E-state index in [0.29, 0.717) is 0 Å². The summed E-state index contributed by atoms with van der Waals surface area (Å²) in [6.07, 6.45) is -4.61. The molecule has 0 saturated heterocycles. The van der Waals surface area contributed by atoms with Crippen molar-refractivity contribution in [2.45, 2.75) is 13.1 Å². The van der Waals surface area contributed by atoms with Gasteiger partial charge in [-0.1, -0.05) is 23.7 Å². The zero-order chi connectivity index (χ0) is 12.8. The third-order valence-electron chi connectivity index (χ3n) is 2.42. The maximum absolute atomic E-state index is 12.8. The highest BCUT2D eigenvalue weighted by molar-refractivity contribution is 6.35. The van der Waals surface area contributed by atoms with Gasteiger partial charge in [0.2, 0.25) is 0 Å². The molecule has 0 unspecified atom stereocenters. The molecule has 0 atom stereocenters. The lowest BCUT2D eigenvalue weighted by Gasteiger charge is -2.05. The smallest absolute Gasteiger partial charge is 0.349 e. The van der Waals surface area contributed by atoms with Crippen molar-refractivity contribution in [3.8, 4) is 0 Å². The Kier molecular flexibility index (Phi) is 2.66. The van der Waals surface area contributed by atoms with Crippen LogP contribution >= 0.6 is 11.6 Å². The van der Waals surface area contributed by atoms with Gasteiger partial charge in [0.15, 0.2) is 5.78 Å². The molecule has 2 aromatic rings. The number of nitrogens with one attached hydrogen (secondary N) is 1. The summed E-state index contributed by atoms with van der Waals surface area (Å²) in [5.74, 6) is -0.647. The predicted octanol–water partition coefficient (Wildman–Crippen LogP) is 4.04. The molecule has 0 bridgehead atoms. The molecule has 6 heteroatoms. The Labute approximate surface area is 99.4 Å². The number of carbonyl (C=O) groups excluding carboxylic acids is 1. The van der Waals surface area contributed by atoms with Crippen LogP contribution in [0.5, 0.6) is 0 Å². The Hall–Kier alpha value is -1.49. The van der Waals surface area contributed by atoms with Crippen LogP contribution < -0.4 is 0 Å². The highest BCUT2D eigenvalue weighted by atomic mass is 35.5. The van der Waals surface area contributed by atoms with Crippen LogP contribution in [0.15, 0.2) is 18.2 Å². The van der Waals surface area contributed by atoms with Gasteiger partial charge in [0, 0.05) is 5.39 Å². The number of aromatic nitrogens is 1. The van der Waals surface area contributed by atoms with E-state index in [2.05, 4.69) is 4.98 Å². The van der Waals surface area contributed by atoms with Crippen LogP contribution in [0.4, 0.5) is 13.2 Å². The van der Waals surface area contributed by atoms with Crippen molar-refractivity contribution < 1.29 is 18.0 Å². The van der Waals surface area contributed by atoms with Gasteiger partial charge in [-0.3, -0.25) is 4.79 Å². The van der Waals surface area contributed by atoms with Gasteiger partial charge in [-0.2, -0.15) is 13.2 Å². The molecular weight excluding hydrogens is 255 g/mol. The van der Waals surface area contributed by atoms with Crippen LogP contribution in [0.2, 0.25) is 5.02 Å². The molecule has 17 heavy (non-hydrogen) atoms. The molecular formula is C11H7ClF3NO. The van der Waals surface area contributed by atoms with E-state index in [0.717, 1.165) is 6.92 Å². The van der Waals surface area contributed by atoms with Crippen molar-refractivity contribution in [2.24, 2.45) is 0 Å². The number of halogens is 4. The van der Waals surface area contributed by atoms with E-state index in [1.165, 1.54) is 18.2 Å². The maximum Gasteiger partial charge on any atom is 0.431 e. The molecule has 1 N–H and O–H groups in total. The van der Waals surface area contributed by atoms with Gasteiger partial charge in [0.05, 0.1) is 16.1 Å². The lowest BCUT2D eigenvalue weighted by atomic mass is 10.1. The number of alkyl halides is 3. The minimum Gasteiger partial charge on any atom is -0.349 e. The van der Waals surface area contributed by atoms with Crippen LogP contribution in [0.3, 0.4) is 0 Å². The van der Waals surface area contributed by atoms with Crippen molar-refractivity contribution in [3.05, 3.63) is 34.5 Å². The first-order valence-electron chi connectivity index (χ1n) is 4.70. The largest absolute Gasteiger partial charge is 0.431 e. The van der Waals surface area contributed by atoms with Gasteiger partial charge in [-0.15, -0.1) is 0 Å². The van der Waals surface area contributed by atoms with Gasteiger partial charge < -0.3 is 4.98 Å². The first-order chi connectivity index (χ1) is 7.82. The number of hydrogen-bond donors (Lipinski definition) is 1. The number of Topliss-reactive ketones (excluding diaryl/α,β-unsaturated/α-hetero) is 1. The lowest BCUT2D eigenvalue weighted by Crippen LogP contribution is -2.10. The van der Waals surface area contributed by atoms with Crippen LogP contribution in [-0.2, 0) is 6.18 Å². The minimum atomic E-state index is -4.61. The molecule has 2 rings (SSSR count). The third kappa shape index (κ3) is 1.91. The van der Waals surface area contributed by atoms with E-state index < -0.39 is 17.7 Å². The van der Waals surface area contributed by atoms with E-state index in [1.807, 2.05) is 0 Å². The van der Waals surface area contributed by atoms with Crippen LogP contribution in [-0.4, -0.2) is 10.8 Å². The highest BCUT2D eigenvalue weighted by Crippen LogP contribution is 2.37. The molecule has 0 aliphatic carbocycles. The number of ketones is 1. The Balaban J connectivity index is 2.90. The van der Waals surface area contributed by atoms with E-state index in [1.54, 1.807) is 0 Å². The summed E-state index contributed by atoms with van der Waals surface area (Å²) in [5.41, 5.74) is -1.28. The van der Waals surface area contributed by atoms with Gasteiger partial charge in [0.25, 0.3) is 0 Å². The number of H-pyrrole nitrogens is 1. The molecule has 2 nitrogen and oxygen atoms in total. The van der Waals surface area contributed by atoms with E-state index >= 15 is 0 Å². The average Bonchev–Trinajstić information content (AvgIpc) is 2.57. The number of fused-ring (bicyclic) bond motifs is 1. The van der Waals surface area contributed by atoms with Crippen LogP contribution in [0.25, 0.3) is 10.9 Å². The molecule has 0 aliphatic heterocycles. The number of hydrogen-bond acceptors (Lipinski definition) is 1. The highest BCUT2D eigenvalue weighted by Gasteiger charge is 2.37. The normalized spacial score (nSPS) is 12.1. The summed E-state index contributed by atoms with van der Waals surface area (Å²) in [6.45, 7) is 1.10. The molecule has 0 fully saturated rings. The second kappa shape index (κ2) is 3.77. The van der Waals surface area contributed by atoms with E-state index in [4.69, 9.17) is 11.6 Å². The fourth-order valence-electron chi connectivity index (χ4n) is 1.76. The summed E-state index contributed by atoms with van der Waals surface area (Å²) in [6, 6.07) is 4.40. The predicted molar refractivity (Wildman–Crippen MR) is 58.3 cm³/mol. The fourth-order valence-corrected chi connectivity index (χ4v) is 1.98. The summed E-state index contributed by atoms with van der Waals surface area (Å²) in [5, 5.41) is 0.345. The summed E-state index contributed by atoms with van der Waals surface area (Å²) < 4.78 is 38.3. The molecule has 1 aromatic heterocycles. The van der Waals surface area contributed by atoms with E-state index in [-0.39, 0.29) is 21.5 Å². The molecule has 0 spiro atoms. The quantitative estimate of drug-likeness (QED) is 0.772. The number of para-hydroxylation sites is 1. The molecule has 0 radical (unpaired) electrons. The van der Waals surface area contributed by atoms with Gasteiger partial charge >= 0.3 is 6.18 Å². The van der Waals surface area contributed by atoms with Gasteiger partial charge in [0.1, 0.15) is 5.69 Å². The Morgan fingerprint density at radius 2 is 2.00 bits per heavy atom.